The molecule has 4 heteroatoms. The zero-order chi connectivity index (χ0) is 17.2. The molecule has 1 amide bonds. The number of rotatable bonds is 3. The molecule has 132 valence electrons. The van der Waals surface area contributed by atoms with Crippen LogP contribution in [0.15, 0.2) is 24.3 Å². The van der Waals surface area contributed by atoms with Crippen molar-refractivity contribution in [2.75, 3.05) is 12.3 Å². The average molecular weight is 348 g/mol. The van der Waals surface area contributed by atoms with E-state index in [4.69, 9.17) is 4.74 Å². The molecule has 0 radical (unpaired) electrons. The first-order valence-electron chi connectivity index (χ1n) is 9.13. The number of likely N-dealkylation sites (tertiary alicyclic amines) is 1. The van der Waals surface area contributed by atoms with Gasteiger partial charge in [-0.05, 0) is 43.7 Å². The van der Waals surface area contributed by atoms with Gasteiger partial charge in [0.15, 0.2) is 6.10 Å². The number of carbonyl (C=O) groups is 1. The van der Waals surface area contributed by atoms with E-state index in [9.17, 15) is 4.79 Å². The largest absolute Gasteiger partial charge is 0.480 e. The molecule has 0 aliphatic carbocycles. The van der Waals surface area contributed by atoms with Crippen LogP contribution in [0, 0.1) is 0 Å². The van der Waals surface area contributed by atoms with Gasteiger partial charge < -0.3 is 9.64 Å². The number of nitrogens with zero attached hydrogens (tertiary/aromatic N) is 1. The van der Waals surface area contributed by atoms with Crippen molar-refractivity contribution in [3.63, 3.8) is 0 Å². The second-order valence-corrected chi connectivity index (χ2v) is 9.70. The Morgan fingerprint density at radius 3 is 2.83 bits per heavy atom. The van der Waals surface area contributed by atoms with Gasteiger partial charge in [-0.25, -0.2) is 0 Å². The molecule has 1 aromatic carbocycles. The minimum absolute atomic E-state index is 0.198. The minimum atomic E-state index is -0.305. The van der Waals surface area contributed by atoms with Gasteiger partial charge in [0.1, 0.15) is 5.75 Å². The van der Waals surface area contributed by atoms with Gasteiger partial charge in [0, 0.05) is 23.1 Å². The highest BCUT2D eigenvalue weighted by atomic mass is 32.2. The maximum Gasteiger partial charge on any atom is 0.263 e. The van der Waals surface area contributed by atoms with Gasteiger partial charge in [0.05, 0.1) is 0 Å². The van der Waals surface area contributed by atoms with Crippen molar-refractivity contribution in [1.29, 1.82) is 0 Å². The Labute approximate surface area is 150 Å². The molecule has 0 bridgehead atoms. The third-order valence-electron chi connectivity index (χ3n) is 4.81. The van der Waals surface area contributed by atoms with E-state index in [-0.39, 0.29) is 16.8 Å². The smallest absolute Gasteiger partial charge is 0.263 e. The molecule has 1 aromatic rings. The molecule has 0 unspecified atom stereocenters. The zero-order valence-corrected chi connectivity index (χ0v) is 15.9. The quantitative estimate of drug-likeness (QED) is 0.817. The molecule has 0 saturated carbocycles. The summed E-state index contributed by atoms with van der Waals surface area (Å²) < 4.78 is 6.29. The van der Waals surface area contributed by atoms with Crippen molar-refractivity contribution in [2.45, 2.75) is 69.8 Å². The number of para-hydroxylation sites is 1. The molecule has 0 spiro atoms. The molecule has 3 rings (SSSR count). The first kappa shape index (κ1) is 17.7. The summed E-state index contributed by atoms with van der Waals surface area (Å²) in [6.07, 6.45) is 4.89. The fourth-order valence-electron chi connectivity index (χ4n) is 3.49. The van der Waals surface area contributed by atoms with Crippen LogP contribution in [0.3, 0.4) is 0 Å². The van der Waals surface area contributed by atoms with Crippen LogP contribution in [-0.2, 0) is 11.2 Å². The fourth-order valence-corrected chi connectivity index (χ4v) is 4.53. The molecule has 0 aromatic heterocycles. The predicted octanol–water partition coefficient (Wildman–Crippen LogP) is 4.29. The van der Waals surface area contributed by atoms with Crippen LogP contribution < -0.4 is 4.74 Å². The molecular weight excluding hydrogens is 318 g/mol. The third-order valence-corrected chi connectivity index (χ3v) is 6.23. The predicted molar refractivity (Wildman–Crippen MR) is 101 cm³/mol. The number of piperidine rings is 1. The van der Waals surface area contributed by atoms with Gasteiger partial charge in [-0.3, -0.25) is 4.79 Å². The van der Waals surface area contributed by atoms with Crippen molar-refractivity contribution in [3.8, 4) is 5.75 Å². The molecule has 0 N–H and O–H groups in total. The van der Waals surface area contributed by atoms with Gasteiger partial charge in [0.2, 0.25) is 0 Å². The number of benzene rings is 1. The highest BCUT2D eigenvalue weighted by Gasteiger charge is 2.35. The van der Waals surface area contributed by atoms with E-state index >= 15 is 0 Å². The number of ether oxygens (including phenoxy) is 1. The van der Waals surface area contributed by atoms with E-state index in [1.165, 1.54) is 12.0 Å². The summed E-state index contributed by atoms with van der Waals surface area (Å²) in [5.41, 5.74) is 1.22. The van der Waals surface area contributed by atoms with Crippen molar-refractivity contribution < 1.29 is 9.53 Å². The van der Waals surface area contributed by atoms with Gasteiger partial charge in [-0.1, -0.05) is 39.0 Å². The molecule has 2 aliphatic heterocycles. The Kier molecular flexibility index (Phi) is 5.43. The van der Waals surface area contributed by atoms with Gasteiger partial charge in [-0.2, -0.15) is 11.8 Å². The molecule has 2 aliphatic rings. The van der Waals surface area contributed by atoms with E-state index in [1.54, 1.807) is 0 Å². The van der Waals surface area contributed by atoms with Crippen molar-refractivity contribution in [1.82, 2.24) is 4.90 Å². The molecule has 2 heterocycles. The Hall–Kier alpha value is -1.16. The molecule has 2 atom stereocenters. The van der Waals surface area contributed by atoms with Gasteiger partial charge in [0.25, 0.3) is 5.91 Å². The van der Waals surface area contributed by atoms with Crippen LogP contribution >= 0.6 is 11.8 Å². The molecule has 1 saturated heterocycles. The monoisotopic (exact) mass is 347 g/mol. The van der Waals surface area contributed by atoms with E-state index < -0.39 is 0 Å². The number of thioether (sulfide) groups is 1. The summed E-state index contributed by atoms with van der Waals surface area (Å²) in [5.74, 6) is 2.11. The molecule has 24 heavy (non-hydrogen) atoms. The average Bonchev–Trinajstić information content (AvgIpc) is 2.58. The molecular formula is C20H29NO2S. The highest BCUT2D eigenvalue weighted by molar-refractivity contribution is 8.00. The number of aryl methyl sites for hydroxylation is 1. The van der Waals surface area contributed by atoms with Crippen LogP contribution in [-0.4, -0.2) is 40.0 Å². The number of hydrogen-bond acceptors (Lipinski definition) is 3. The number of carbonyl (C=O) groups excluding carboxylic acids is 1. The minimum Gasteiger partial charge on any atom is -0.480 e. The Bertz CT molecular complexity index is 581. The lowest BCUT2D eigenvalue weighted by molar-refractivity contribution is -0.142. The topological polar surface area (TPSA) is 29.5 Å². The second kappa shape index (κ2) is 7.38. The molecule has 1 fully saturated rings. The highest BCUT2D eigenvalue weighted by Crippen LogP contribution is 2.31. The van der Waals surface area contributed by atoms with Crippen LogP contribution in [0.2, 0.25) is 0 Å². The Morgan fingerprint density at radius 2 is 2.04 bits per heavy atom. The summed E-state index contributed by atoms with van der Waals surface area (Å²) in [6, 6.07) is 8.46. The fraction of sp³-hybridized carbons (Fsp3) is 0.650. The SMILES string of the molecule is CC(C)(C)SC[C@@H]1CCCCN1C(=O)[C@H]1CCc2ccccc2O1. The first-order valence-corrected chi connectivity index (χ1v) is 10.1. The van der Waals surface area contributed by atoms with E-state index in [0.717, 1.165) is 43.7 Å². The maximum atomic E-state index is 13.1. The normalized spacial score (nSPS) is 24.2. The maximum absolute atomic E-state index is 13.1. The summed E-state index contributed by atoms with van der Waals surface area (Å²) in [4.78, 5) is 15.2. The lowest BCUT2D eigenvalue weighted by Gasteiger charge is -2.39. The molecule has 3 nitrogen and oxygen atoms in total. The summed E-state index contributed by atoms with van der Waals surface area (Å²) in [5, 5.41) is 0. The third kappa shape index (κ3) is 4.27. The number of fused-ring (bicyclic) bond motifs is 1. The van der Waals surface area contributed by atoms with Crippen LogP contribution in [0.1, 0.15) is 52.0 Å². The van der Waals surface area contributed by atoms with Crippen molar-refractivity contribution >= 4 is 17.7 Å². The lowest BCUT2D eigenvalue weighted by atomic mass is 9.98. The lowest BCUT2D eigenvalue weighted by Crippen LogP contribution is -2.51. The standard InChI is InChI=1S/C20H29NO2S/c1-20(2,3)24-14-16-9-6-7-13-21(16)19(22)18-12-11-15-8-4-5-10-17(15)23-18/h4-5,8,10,16,18H,6-7,9,11-14H2,1-3H3/t16-,18+/m0/s1. The van der Waals surface area contributed by atoms with Gasteiger partial charge in [-0.15, -0.1) is 0 Å². The van der Waals surface area contributed by atoms with Gasteiger partial charge >= 0.3 is 0 Å². The second-order valence-electron chi connectivity index (χ2n) is 7.86. The Morgan fingerprint density at radius 1 is 1.25 bits per heavy atom. The van der Waals surface area contributed by atoms with Crippen molar-refractivity contribution in [3.05, 3.63) is 29.8 Å². The van der Waals surface area contributed by atoms with E-state index in [1.807, 2.05) is 30.0 Å². The van der Waals surface area contributed by atoms with Crippen molar-refractivity contribution in [2.24, 2.45) is 0 Å². The summed E-state index contributed by atoms with van der Waals surface area (Å²) >= 11 is 1.96. The first-order chi connectivity index (χ1) is 11.4. The van der Waals surface area contributed by atoms with E-state index in [0.29, 0.717) is 6.04 Å². The van der Waals surface area contributed by atoms with E-state index in [2.05, 4.69) is 31.7 Å². The van der Waals surface area contributed by atoms with Crippen LogP contribution in [0.25, 0.3) is 0 Å². The summed E-state index contributed by atoms with van der Waals surface area (Å²) in [7, 11) is 0. The van der Waals surface area contributed by atoms with Crippen LogP contribution in [0.5, 0.6) is 5.75 Å². The summed E-state index contributed by atoms with van der Waals surface area (Å²) in [6.45, 7) is 7.62. The Balaban J connectivity index is 1.66. The van der Waals surface area contributed by atoms with Crippen LogP contribution in [0.4, 0.5) is 0 Å². The number of amides is 1. The zero-order valence-electron chi connectivity index (χ0n) is 15.1. The number of hydrogen-bond donors (Lipinski definition) is 0.